The van der Waals surface area contributed by atoms with Crippen molar-refractivity contribution in [2.75, 3.05) is 7.11 Å². The summed E-state index contributed by atoms with van der Waals surface area (Å²) in [4.78, 5) is 4.29. The topological polar surface area (TPSA) is 22.1 Å². The molecule has 2 nitrogen and oxygen atoms in total. The molecule has 0 aliphatic rings. The summed E-state index contributed by atoms with van der Waals surface area (Å²) in [5, 5.41) is 0. The fraction of sp³-hybridized carbons (Fsp3) is 0.214. The van der Waals surface area contributed by atoms with Crippen molar-refractivity contribution in [1.82, 2.24) is 4.98 Å². The molecule has 2 heteroatoms. The lowest BCUT2D eigenvalue weighted by atomic mass is 10.0. The molecule has 0 radical (unpaired) electrons. The fourth-order valence-corrected chi connectivity index (χ4v) is 1.74. The van der Waals surface area contributed by atoms with Crippen LogP contribution in [0.1, 0.15) is 11.3 Å². The summed E-state index contributed by atoms with van der Waals surface area (Å²) in [6.45, 7) is 2.69. The molecule has 0 amide bonds. The number of pyridine rings is 1. The Morgan fingerprint density at radius 3 is 2.50 bits per heavy atom. The van der Waals surface area contributed by atoms with Gasteiger partial charge in [-0.3, -0.25) is 4.98 Å². The zero-order valence-electron chi connectivity index (χ0n) is 9.60. The molecule has 0 unspecified atom stereocenters. The van der Waals surface area contributed by atoms with Gasteiger partial charge in [-0.05, 0) is 24.1 Å². The van der Waals surface area contributed by atoms with Crippen LogP contribution in [0.5, 0.6) is 0 Å². The molecule has 82 valence electrons. The van der Waals surface area contributed by atoms with E-state index >= 15 is 0 Å². The van der Waals surface area contributed by atoms with Crippen LogP contribution in [0.15, 0.2) is 42.6 Å². The highest BCUT2D eigenvalue weighted by atomic mass is 16.5. The van der Waals surface area contributed by atoms with Gasteiger partial charge in [-0.2, -0.15) is 0 Å². The highest BCUT2D eigenvalue weighted by Crippen LogP contribution is 2.21. The van der Waals surface area contributed by atoms with Crippen LogP contribution in [0.25, 0.3) is 11.1 Å². The minimum Gasteiger partial charge on any atom is -0.380 e. The van der Waals surface area contributed by atoms with Crippen LogP contribution < -0.4 is 0 Å². The molecule has 0 fully saturated rings. The number of ether oxygens (including phenoxy) is 1. The Bertz CT molecular complexity index is 462. The molecule has 1 heterocycles. The maximum Gasteiger partial charge on any atom is 0.0713 e. The van der Waals surface area contributed by atoms with Gasteiger partial charge >= 0.3 is 0 Å². The summed E-state index contributed by atoms with van der Waals surface area (Å²) >= 11 is 0. The first kappa shape index (κ1) is 10.8. The molecule has 0 atom stereocenters. The summed E-state index contributed by atoms with van der Waals surface area (Å²) < 4.78 is 5.08. The third kappa shape index (κ3) is 2.28. The van der Waals surface area contributed by atoms with Crippen molar-refractivity contribution in [1.29, 1.82) is 0 Å². The van der Waals surface area contributed by atoms with E-state index in [4.69, 9.17) is 4.74 Å². The summed E-state index contributed by atoms with van der Waals surface area (Å²) in [6.07, 6.45) is 1.82. The number of aryl methyl sites for hydroxylation is 1. The monoisotopic (exact) mass is 213 g/mol. The van der Waals surface area contributed by atoms with E-state index in [1.165, 1.54) is 16.7 Å². The number of aromatic nitrogens is 1. The largest absolute Gasteiger partial charge is 0.380 e. The minimum absolute atomic E-state index is 0.659. The maximum absolute atomic E-state index is 5.08. The highest BCUT2D eigenvalue weighted by Gasteiger charge is 2.01. The highest BCUT2D eigenvalue weighted by molar-refractivity contribution is 5.65. The molecule has 0 bridgehead atoms. The molecule has 16 heavy (non-hydrogen) atoms. The summed E-state index contributed by atoms with van der Waals surface area (Å²) in [5.74, 6) is 0. The van der Waals surface area contributed by atoms with Crippen LogP contribution in [0.4, 0.5) is 0 Å². The van der Waals surface area contributed by atoms with E-state index in [9.17, 15) is 0 Å². The average molecular weight is 213 g/mol. The zero-order chi connectivity index (χ0) is 11.4. The molecule has 2 aromatic rings. The minimum atomic E-state index is 0.659. The summed E-state index contributed by atoms with van der Waals surface area (Å²) in [6, 6.07) is 12.5. The van der Waals surface area contributed by atoms with Gasteiger partial charge in [-0.15, -0.1) is 0 Å². The van der Waals surface area contributed by atoms with Gasteiger partial charge in [0.05, 0.1) is 6.61 Å². The number of nitrogens with zero attached hydrogens (tertiary/aromatic N) is 1. The van der Waals surface area contributed by atoms with Gasteiger partial charge in [0, 0.05) is 24.6 Å². The lowest BCUT2D eigenvalue weighted by Crippen LogP contribution is -1.89. The van der Waals surface area contributed by atoms with Crippen LogP contribution in [0, 0.1) is 6.92 Å². The molecule has 0 N–H and O–H groups in total. The van der Waals surface area contributed by atoms with Crippen molar-refractivity contribution in [2.45, 2.75) is 13.5 Å². The number of hydrogen-bond donors (Lipinski definition) is 0. The molecule has 0 aliphatic carbocycles. The van der Waals surface area contributed by atoms with Gasteiger partial charge in [-0.1, -0.05) is 30.3 Å². The summed E-state index contributed by atoms with van der Waals surface area (Å²) in [5.41, 5.74) is 4.63. The number of benzene rings is 1. The maximum atomic E-state index is 5.08. The standard InChI is InChI=1S/C14H15NO/c1-11-14(4-3-9-15-11)13-7-5-12(6-8-13)10-16-2/h3-9H,10H2,1-2H3. The predicted octanol–water partition coefficient (Wildman–Crippen LogP) is 3.20. The Labute approximate surface area is 95.9 Å². The van der Waals surface area contributed by atoms with Gasteiger partial charge in [0.1, 0.15) is 0 Å². The first-order chi connectivity index (χ1) is 7.81. The molecule has 0 saturated carbocycles. The van der Waals surface area contributed by atoms with Gasteiger partial charge in [0.15, 0.2) is 0 Å². The molecule has 1 aromatic heterocycles. The molecule has 0 aliphatic heterocycles. The first-order valence-corrected chi connectivity index (χ1v) is 5.31. The summed E-state index contributed by atoms with van der Waals surface area (Å²) in [7, 11) is 1.71. The van der Waals surface area contributed by atoms with Gasteiger partial charge in [0.25, 0.3) is 0 Å². The molecule has 0 saturated heterocycles. The lowest BCUT2D eigenvalue weighted by Gasteiger charge is -2.06. The van der Waals surface area contributed by atoms with E-state index in [2.05, 4.69) is 35.3 Å². The average Bonchev–Trinajstić information content (AvgIpc) is 2.31. The van der Waals surface area contributed by atoms with Crippen LogP contribution in [-0.4, -0.2) is 12.1 Å². The van der Waals surface area contributed by atoms with Crippen LogP contribution in [0.3, 0.4) is 0 Å². The van der Waals surface area contributed by atoms with E-state index in [-0.39, 0.29) is 0 Å². The Balaban J connectivity index is 2.31. The quantitative estimate of drug-likeness (QED) is 0.781. The first-order valence-electron chi connectivity index (χ1n) is 5.31. The van der Waals surface area contributed by atoms with E-state index in [1.807, 2.05) is 19.2 Å². The molecular weight excluding hydrogens is 198 g/mol. The third-order valence-electron chi connectivity index (χ3n) is 2.58. The zero-order valence-corrected chi connectivity index (χ0v) is 9.60. The van der Waals surface area contributed by atoms with Gasteiger partial charge < -0.3 is 4.74 Å². The van der Waals surface area contributed by atoms with E-state index in [0.29, 0.717) is 6.61 Å². The SMILES string of the molecule is COCc1ccc(-c2cccnc2C)cc1. The second kappa shape index (κ2) is 4.90. The van der Waals surface area contributed by atoms with Crippen molar-refractivity contribution in [3.8, 4) is 11.1 Å². The van der Waals surface area contributed by atoms with Crippen LogP contribution >= 0.6 is 0 Å². The van der Waals surface area contributed by atoms with Crippen molar-refractivity contribution in [2.24, 2.45) is 0 Å². The fourth-order valence-electron chi connectivity index (χ4n) is 1.74. The van der Waals surface area contributed by atoms with Gasteiger partial charge in [0.2, 0.25) is 0 Å². The number of methoxy groups -OCH3 is 1. The van der Waals surface area contributed by atoms with Crippen molar-refractivity contribution < 1.29 is 4.74 Å². The van der Waals surface area contributed by atoms with Crippen molar-refractivity contribution >= 4 is 0 Å². The van der Waals surface area contributed by atoms with E-state index in [0.717, 1.165) is 5.69 Å². The van der Waals surface area contributed by atoms with Crippen LogP contribution in [-0.2, 0) is 11.3 Å². The van der Waals surface area contributed by atoms with Crippen molar-refractivity contribution in [3.05, 3.63) is 53.9 Å². The van der Waals surface area contributed by atoms with Crippen molar-refractivity contribution in [3.63, 3.8) is 0 Å². The Morgan fingerprint density at radius 1 is 1.12 bits per heavy atom. The smallest absolute Gasteiger partial charge is 0.0713 e. The van der Waals surface area contributed by atoms with Crippen LogP contribution in [0.2, 0.25) is 0 Å². The second-order valence-corrected chi connectivity index (χ2v) is 3.77. The van der Waals surface area contributed by atoms with E-state index in [1.54, 1.807) is 7.11 Å². The second-order valence-electron chi connectivity index (χ2n) is 3.77. The Hall–Kier alpha value is -1.67. The predicted molar refractivity (Wildman–Crippen MR) is 65.1 cm³/mol. The lowest BCUT2D eigenvalue weighted by molar-refractivity contribution is 0.185. The third-order valence-corrected chi connectivity index (χ3v) is 2.58. The molecular formula is C14H15NO. The number of rotatable bonds is 3. The van der Waals surface area contributed by atoms with E-state index < -0.39 is 0 Å². The Morgan fingerprint density at radius 2 is 1.88 bits per heavy atom. The Kier molecular flexibility index (Phi) is 3.32. The number of hydrogen-bond acceptors (Lipinski definition) is 2. The normalized spacial score (nSPS) is 10.4. The molecule has 2 rings (SSSR count). The molecule has 1 aromatic carbocycles. The molecule has 0 spiro atoms. The van der Waals surface area contributed by atoms with Gasteiger partial charge in [-0.25, -0.2) is 0 Å².